The van der Waals surface area contributed by atoms with Crippen LogP contribution in [-0.4, -0.2) is 23.6 Å². The predicted molar refractivity (Wildman–Crippen MR) is 89.9 cm³/mol. The van der Waals surface area contributed by atoms with E-state index in [1.165, 1.54) is 11.1 Å². The van der Waals surface area contributed by atoms with Gasteiger partial charge in [0, 0.05) is 13.1 Å². The summed E-state index contributed by atoms with van der Waals surface area (Å²) in [7, 11) is 0. The highest BCUT2D eigenvalue weighted by Crippen LogP contribution is 2.18. The number of aliphatic hydroxyl groups excluding tert-OH is 1. The fourth-order valence-electron chi connectivity index (χ4n) is 3.03. The molecule has 2 aromatic rings. The second-order valence-corrected chi connectivity index (χ2v) is 6.02. The molecule has 23 heavy (non-hydrogen) atoms. The van der Waals surface area contributed by atoms with Crippen molar-refractivity contribution in [1.29, 1.82) is 0 Å². The minimum absolute atomic E-state index is 0.0628. The minimum Gasteiger partial charge on any atom is -0.387 e. The Morgan fingerprint density at radius 1 is 1.22 bits per heavy atom. The lowest BCUT2D eigenvalue weighted by Crippen LogP contribution is -2.48. The Bertz CT molecular complexity index is 699. The van der Waals surface area contributed by atoms with Gasteiger partial charge in [-0.05, 0) is 35.6 Å². The van der Waals surface area contributed by atoms with E-state index in [0.717, 1.165) is 11.1 Å². The molecule has 3 rings (SSSR count). The van der Waals surface area contributed by atoms with Crippen molar-refractivity contribution in [3.05, 3.63) is 70.8 Å². The van der Waals surface area contributed by atoms with Crippen LogP contribution in [0.4, 0.5) is 0 Å². The number of amides is 1. The van der Waals surface area contributed by atoms with Crippen molar-refractivity contribution in [3.63, 3.8) is 0 Å². The van der Waals surface area contributed by atoms with Crippen LogP contribution in [0.1, 0.15) is 28.4 Å². The molecule has 1 amide bonds. The van der Waals surface area contributed by atoms with Gasteiger partial charge < -0.3 is 15.7 Å². The highest BCUT2D eigenvalue weighted by atomic mass is 16.3. The fourth-order valence-corrected chi connectivity index (χ4v) is 3.03. The summed E-state index contributed by atoms with van der Waals surface area (Å²) in [6, 6.07) is 15.6. The van der Waals surface area contributed by atoms with E-state index in [9.17, 15) is 9.90 Å². The Morgan fingerprint density at radius 3 is 2.70 bits per heavy atom. The van der Waals surface area contributed by atoms with Crippen molar-refractivity contribution in [2.75, 3.05) is 6.54 Å². The van der Waals surface area contributed by atoms with Gasteiger partial charge in [0.25, 0.3) is 0 Å². The first-order valence-electron chi connectivity index (χ1n) is 7.96. The average Bonchev–Trinajstić information content (AvgIpc) is 2.59. The van der Waals surface area contributed by atoms with Gasteiger partial charge in [-0.25, -0.2) is 0 Å². The molecule has 0 saturated heterocycles. The number of aryl methyl sites for hydroxylation is 1. The Hall–Kier alpha value is -2.17. The van der Waals surface area contributed by atoms with Crippen LogP contribution in [0.25, 0.3) is 0 Å². The zero-order chi connectivity index (χ0) is 16.2. The minimum atomic E-state index is -0.684. The number of hydrogen-bond donors (Lipinski definition) is 3. The molecule has 0 bridgehead atoms. The number of benzene rings is 2. The molecule has 0 fully saturated rings. The van der Waals surface area contributed by atoms with Crippen LogP contribution < -0.4 is 10.6 Å². The van der Waals surface area contributed by atoms with E-state index in [0.29, 0.717) is 13.0 Å². The van der Waals surface area contributed by atoms with Crippen molar-refractivity contribution in [2.45, 2.75) is 32.0 Å². The quantitative estimate of drug-likeness (QED) is 0.808. The number of fused-ring (bicyclic) bond motifs is 1. The van der Waals surface area contributed by atoms with Gasteiger partial charge in [-0.15, -0.1) is 0 Å². The van der Waals surface area contributed by atoms with Crippen molar-refractivity contribution in [1.82, 2.24) is 10.6 Å². The second kappa shape index (κ2) is 6.94. The van der Waals surface area contributed by atoms with Gasteiger partial charge in [0.2, 0.25) is 5.91 Å². The highest BCUT2D eigenvalue weighted by Gasteiger charge is 2.24. The number of aliphatic hydroxyl groups is 1. The van der Waals surface area contributed by atoms with Crippen molar-refractivity contribution >= 4 is 5.91 Å². The summed E-state index contributed by atoms with van der Waals surface area (Å²) in [6.45, 7) is 2.89. The standard InChI is InChI=1S/C19H22N2O2/c1-13-6-2-5-9-16(13)18(22)12-21-19(23)17-10-14-7-3-4-8-15(14)11-20-17/h2-9,17-18,20,22H,10-12H2,1H3,(H,21,23)/t17-,18-/m1/s1. The topological polar surface area (TPSA) is 61.4 Å². The average molecular weight is 310 g/mol. The molecule has 2 atom stereocenters. The largest absolute Gasteiger partial charge is 0.387 e. The van der Waals surface area contributed by atoms with Gasteiger partial charge in [-0.2, -0.15) is 0 Å². The SMILES string of the molecule is Cc1ccccc1[C@H](O)CNC(=O)[C@H]1Cc2ccccc2CN1. The smallest absolute Gasteiger partial charge is 0.237 e. The summed E-state index contributed by atoms with van der Waals surface area (Å²) >= 11 is 0. The third kappa shape index (κ3) is 3.60. The molecule has 0 aromatic heterocycles. The Labute approximate surface area is 136 Å². The van der Waals surface area contributed by atoms with Gasteiger partial charge in [0.15, 0.2) is 0 Å². The van der Waals surface area contributed by atoms with E-state index in [1.807, 2.05) is 43.3 Å². The molecule has 4 nitrogen and oxygen atoms in total. The summed E-state index contributed by atoms with van der Waals surface area (Å²) in [5.74, 6) is -0.0628. The van der Waals surface area contributed by atoms with Crippen LogP contribution in [0.2, 0.25) is 0 Å². The number of hydrogen-bond acceptors (Lipinski definition) is 3. The summed E-state index contributed by atoms with van der Waals surface area (Å²) in [4.78, 5) is 12.3. The maximum absolute atomic E-state index is 12.3. The summed E-state index contributed by atoms with van der Waals surface area (Å²) in [6.07, 6.45) is -0.00123. The molecule has 1 aliphatic heterocycles. The molecule has 0 spiro atoms. The molecule has 3 N–H and O–H groups in total. The first-order valence-corrected chi connectivity index (χ1v) is 7.96. The molecule has 0 unspecified atom stereocenters. The molecule has 4 heteroatoms. The Morgan fingerprint density at radius 2 is 1.91 bits per heavy atom. The van der Waals surface area contributed by atoms with E-state index in [4.69, 9.17) is 0 Å². The second-order valence-electron chi connectivity index (χ2n) is 6.02. The van der Waals surface area contributed by atoms with Gasteiger partial charge in [0.1, 0.15) is 0 Å². The molecular weight excluding hydrogens is 288 g/mol. The number of carbonyl (C=O) groups is 1. The van der Waals surface area contributed by atoms with Crippen molar-refractivity contribution in [2.24, 2.45) is 0 Å². The summed E-state index contributed by atoms with van der Waals surface area (Å²) in [5, 5.41) is 16.4. The van der Waals surface area contributed by atoms with Gasteiger partial charge in [-0.3, -0.25) is 4.79 Å². The molecule has 2 aromatic carbocycles. The lowest BCUT2D eigenvalue weighted by molar-refractivity contribution is -0.123. The normalized spacial score (nSPS) is 18.1. The van der Waals surface area contributed by atoms with Crippen LogP contribution >= 0.6 is 0 Å². The number of carbonyl (C=O) groups excluding carboxylic acids is 1. The van der Waals surface area contributed by atoms with Crippen LogP contribution in [0, 0.1) is 6.92 Å². The molecule has 120 valence electrons. The zero-order valence-electron chi connectivity index (χ0n) is 13.3. The predicted octanol–water partition coefficient (Wildman–Crippen LogP) is 1.86. The van der Waals surface area contributed by atoms with E-state index in [-0.39, 0.29) is 18.5 Å². The molecule has 0 saturated carbocycles. The van der Waals surface area contributed by atoms with Crippen molar-refractivity contribution < 1.29 is 9.90 Å². The number of nitrogens with one attached hydrogen (secondary N) is 2. The van der Waals surface area contributed by atoms with Crippen LogP contribution in [0.3, 0.4) is 0 Å². The summed E-state index contributed by atoms with van der Waals surface area (Å²) < 4.78 is 0. The van der Waals surface area contributed by atoms with E-state index < -0.39 is 6.10 Å². The summed E-state index contributed by atoms with van der Waals surface area (Å²) in [5.41, 5.74) is 4.34. The van der Waals surface area contributed by atoms with Crippen LogP contribution in [-0.2, 0) is 17.8 Å². The first-order chi connectivity index (χ1) is 11.1. The van der Waals surface area contributed by atoms with E-state index in [2.05, 4.69) is 22.8 Å². The lowest BCUT2D eigenvalue weighted by Gasteiger charge is -2.26. The highest BCUT2D eigenvalue weighted by molar-refractivity contribution is 5.82. The molecule has 0 radical (unpaired) electrons. The fraction of sp³-hybridized carbons (Fsp3) is 0.316. The molecule has 1 aliphatic rings. The third-order valence-corrected chi connectivity index (χ3v) is 4.41. The Balaban J connectivity index is 1.57. The monoisotopic (exact) mass is 310 g/mol. The maximum atomic E-state index is 12.3. The lowest BCUT2D eigenvalue weighted by atomic mass is 9.95. The van der Waals surface area contributed by atoms with Crippen LogP contribution in [0.5, 0.6) is 0 Å². The van der Waals surface area contributed by atoms with Crippen molar-refractivity contribution in [3.8, 4) is 0 Å². The molecule has 0 aliphatic carbocycles. The van der Waals surface area contributed by atoms with Gasteiger partial charge >= 0.3 is 0 Å². The van der Waals surface area contributed by atoms with Crippen LogP contribution in [0.15, 0.2) is 48.5 Å². The number of rotatable bonds is 4. The Kier molecular flexibility index (Phi) is 4.74. The molecular formula is C19H22N2O2. The molecule has 1 heterocycles. The third-order valence-electron chi connectivity index (χ3n) is 4.41. The van der Waals surface area contributed by atoms with Gasteiger partial charge in [-0.1, -0.05) is 48.5 Å². The first kappa shape index (κ1) is 15.7. The van der Waals surface area contributed by atoms with E-state index >= 15 is 0 Å². The maximum Gasteiger partial charge on any atom is 0.237 e. The zero-order valence-corrected chi connectivity index (χ0v) is 13.3. The van der Waals surface area contributed by atoms with E-state index in [1.54, 1.807) is 0 Å². The van der Waals surface area contributed by atoms with Gasteiger partial charge in [0.05, 0.1) is 12.1 Å².